The first-order valence-electron chi connectivity index (χ1n) is 5.62. The molecular weight excluding hydrogens is 367 g/mol. The second-order valence-corrected chi connectivity index (χ2v) is 5.96. The Bertz CT molecular complexity index is 671. The van der Waals surface area contributed by atoms with Crippen LogP contribution in [0.1, 0.15) is 11.1 Å². The minimum atomic E-state index is -4.39. The van der Waals surface area contributed by atoms with Gasteiger partial charge < -0.3 is 5.73 Å². The summed E-state index contributed by atoms with van der Waals surface area (Å²) in [5, 5.41) is 7.78. The van der Waals surface area contributed by atoms with Crippen LogP contribution in [0.4, 0.5) is 13.2 Å². The van der Waals surface area contributed by atoms with Gasteiger partial charge in [-0.1, -0.05) is 17.8 Å². The number of nitrogens with zero attached hydrogens (tertiary/aromatic N) is 1. The first-order chi connectivity index (χ1) is 9.77. The summed E-state index contributed by atoms with van der Waals surface area (Å²) in [6.45, 7) is 0. The summed E-state index contributed by atoms with van der Waals surface area (Å²) in [5.74, 6) is -0.0556. The maximum Gasteiger partial charge on any atom is 0.417 e. The van der Waals surface area contributed by atoms with Gasteiger partial charge in [0.2, 0.25) is 0 Å². The summed E-state index contributed by atoms with van der Waals surface area (Å²) in [4.78, 5) is 4.56. The lowest BCUT2D eigenvalue weighted by atomic mass is 10.2. The zero-order valence-corrected chi connectivity index (χ0v) is 12.8. The van der Waals surface area contributed by atoms with E-state index in [0.717, 1.165) is 17.2 Å². The number of benzene rings is 1. The molecule has 3 N–H and O–H groups in total. The van der Waals surface area contributed by atoms with Crippen LogP contribution in [0.3, 0.4) is 0 Å². The smallest absolute Gasteiger partial charge is 0.384 e. The van der Waals surface area contributed by atoms with Crippen LogP contribution in [-0.4, -0.2) is 10.8 Å². The van der Waals surface area contributed by atoms with Gasteiger partial charge in [-0.05, 0) is 40.2 Å². The highest BCUT2D eigenvalue weighted by atomic mass is 79.9. The normalized spacial score (nSPS) is 11.4. The molecule has 1 heterocycles. The Morgan fingerprint density at radius 2 is 1.95 bits per heavy atom. The number of halogens is 4. The molecular formula is C13H9BrF3N3S. The number of nitrogens with one attached hydrogen (secondary N) is 1. The molecule has 0 saturated heterocycles. The van der Waals surface area contributed by atoms with Crippen LogP contribution in [0.15, 0.2) is 50.9 Å². The lowest BCUT2D eigenvalue weighted by molar-refractivity contribution is -0.137. The van der Waals surface area contributed by atoms with Crippen LogP contribution >= 0.6 is 27.7 Å². The largest absolute Gasteiger partial charge is 0.417 e. The van der Waals surface area contributed by atoms with Crippen molar-refractivity contribution in [2.45, 2.75) is 16.1 Å². The lowest BCUT2D eigenvalue weighted by Crippen LogP contribution is -2.10. The monoisotopic (exact) mass is 375 g/mol. The summed E-state index contributed by atoms with van der Waals surface area (Å²) in [7, 11) is 0. The molecule has 0 radical (unpaired) electrons. The maximum atomic E-state index is 12.4. The van der Waals surface area contributed by atoms with E-state index in [0.29, 0.717) is 15.1 Å². The Labute approximate surface area is 131 Å². The van der Waals surface area contributed by atoms with Gasteiger partial charge in [0, 0.05) is 21.1 Å². The standard InChI is InChI=1S/C13H9BrF3N3S/c14-9-5-7(12(18)19)1-3-10(9)21-11-4-2-8(6-20-11)13(15,16)17/h1-6H,(H3,18,19). The minimum absolute atomic E-state index is 0.0556. The predicted molar refractivity (Wildman–Crippen MR) is 78.5 cm³/mol. The number of pyridine rings is 1. The molecule has 3 nitrogen and oxygen atoms in total. The van der Waals surface area contributed by atoms with Crippen LogP contribution in [0.2, 0.25) is 0 Å². The van der Waals surface area contributed by atoms with Crippen LogP contribution in [0, 0.1) is 5.41 Å². The van der Waals surface area contributed by atoms with Crippen molar-refractivity contribution in [3.63, 3.8) is 0 Å². The summed E-state index contributed by atoms with van der Waals surface area (Å²) in [6, 6.07) is 7.38. The molecule has 0 aliphatic heterocycles. The van der Waals surface area contributed by atoms with Gasteiger partial charge in [-0.15, -0.1) is 0 Å². The van der Waals surface area contributed by atoms with E-state index < -0.39 is 11.7 Å². The van der Waals surface area contributed by atoms with E-state index in [1.165, 1.54) is 17.8 Å². The molecule has 0 atom stereocenters. The zero-order chi connectivity index (χ0) is 15.6. The Morgan fingerprint density at radius 1 is 1.24 bits per heavy atom. The number of alkyl halides is 3. The van der Waals surface area contributed by atoms with Crippen molar-refractivity contribution in [1.29, 1.82) is 5.41 Å². The van der Waals surface area contributed by atoms with E-state index in [2.05, 4.69) is 20.9 Å². The zero-order valence-electron chi connectivity index (χ0n) is 10.4. The van der Waals surface area contributed by atoms with E-state index in [-0.39, 0.29) is 5.84 Å². The number of hydrogen-bond acceptors (Lipinski definition) is 3. The number of hydrogen-bond donors (Lipinski definition) is 2. The van der Waals surface area contributed by atoms with Crippen molar-refractivity contribution in [3.05, 3.63) is 52.1 Å². The van der Waals surface area contributed by atoms with Gasteiger partial charge in [-0.3, -0.25) is 5.41 Å². The topological polar surface area (TPSA) is 62.8 Å². The molecule has 0 aliphatic rings. The molecule has 1 aromatic carbocycles. The molecule has 0 bridgehead atoms. The van der Waals surface area contributed by atoms with Crippen LogP contribution in [-0.2, 0) is 6.18 Å². The average Bonchev–Trinajstić information content (AvgIpc) is 2.40. The highest BCUT2D eigenvalue weighted by molar-refractivity contribution is 9.10. The summed E-state index contributed by atoms with van der Waals surface area (Å²) >= 11 is 4.56. The molecule has 0 spiro atoms. The van der Waals surface area contributed by atoms with Crippen LogP contribution in [0.5, 0.6) is 0 Å². The first kappa shape index (κ1) is 15.8. The summed E-state index contributed by atoms with van der Waals surface area (Å²) in [6.07, 6.45) is -3.58. The number of rotatable bonds is 3. The van der Waals surface area contributed by atoms with E-state index in [1.54, 1.807) is 18.2 Å². The fraction of sp³-hybridized carbons (Fsp3) is 0.0769. The Kier molecular flexibility index (Phi) is 4.58. The molecule has 0 aliphatic carbocycles. The van der Waals surface area contributed by atoms with Gasteiger partial charge in [0.15, 0.2) is 0 Å². The number of nitrogen functional groups attached to an aromatic ring is 1. The molecule has 21 heavy (non-hydrogen) atoms. The predicted octanol–water partition coefficient (Wildman–Crippen LogP) is 4.30. The van der Waals surface area contributed by atoms with E-state index >= 15 is 0 Å². The highest BCUT2D eigenvalue weighted by Gasteiger charge is 2.30. The van der Waals surface area contributed by atoms with Gasteiger partial charge in [0.25, 0.3) is 0 Å². The van der Waals surface area contributed by atoms with Crippen LogP contribution in [0.25, 0.3) is 0 Å². The number of nitrogens with two attached hydrogens (primary N) is 1. The number of aromatic nitrogens is 1. The van der Waals surface area contributed by atoms with E-state index in [9.17, 15) is 13.2 Å². The second-order valence-electron chi connectivity index (χ2n) is 4.04. The molecule has 1 aromatic heterocycles. The highest BCUT2D eigenvalue weighted by Crippen LogP contribution is 2.34. The van der Waals surface area contributed by atoms with Crippen molar-refractivity contribution in [2.75, 3.05) is 0 Å². The van der Waals surface area contributed by atoms with Gasteiger partial charge >= 0.3 is 6.18 Å². The fourth-order valence-electron chi connectivity index (χ4n) is 1.47. The molecule has 0 saturated carbocycles. The van der Waals surface area contributed by atoms with Crippen molar-refractivity contribution < 1.29 is 13.2 Å². The third-order valence-corrected chi connectivity index (χ3v) is 4.47. The third kappa shape index (κ3) is 3.98. The van der Waals surface area contributed by atoms with Gasteiger partial charge in [0.1, 0.15) is 10.9 Å². The lowest BCUT2D eigenvalue weighted by Gasteiger charge is -2.08. The maximum absolute atomic E-state index is 12.4. The molecule has 110 valence electrons. The SMILES string of the molecule is N=C(N)c1ccc(Sc2ccc(C(F)(F)F)cn2)c(Br)c1. The van der Waals surface area contributed by atoms with Gasteiger partial charge in [-0.25, -0.2) is 4.98 Å². The second kappa shape index (κ2) is 6.07. The van der Waals surface area contributed by atoms with E-state index in [1.807, 2.05) is 0 Å². The Hall–Kier alpha value is -1.54. The Balaban J connectivity index is 2.20. The molecule has 0 fully saturated rings. The fourth-order valence-corrected chi connectivity index (χ4v) is 2.85. The molecule has 0 unspecified atom stereocenters. The average molecular weight is 376 g/mol. The van der Waals surface area contributed by atoms with Crippen molar-refractivity contribution in [2.24, 2.45) is 5.73 Å². The van der Waals surface area contributed by atoms with Gasteiger partial charge in [-0.2, -0.15) is 13.2 Å². The minimum Gasteiger partial charge on any atom is -0.384 e. The summed E-state index contributed by atoms with van der Waals surface area (Å²) in [5.41, 5.74) is 5.16. The Morgan fingerprint density at radius 3 is 2.43 bits per heavy atom. The van der Waals surface area contributed by atoms with Crippen molar-refractivity contribution >= 4 is 33.5 Å². The van der Waals surface area contributed by atoms with Crippen LogP contribution < -0.4 is 5.73 Å². The molecule has 0 amide bonds. The quantitative estimate of drug-likeness (QED) is 0.620. The van der Waals surface area contributed by atoms with Crippen molar-refractivity contribution in [3.8, 4) is 0 Å². The van der Waals surface area contributed by atoms with Gasteiger partial charge in [0.05, 0.1) is 5.56 Å². The number of amidine groups is 1. The van der Waals surface area contributed by atoms with Crippen molar-refractivity contribution in [1.82, 2.24) is 4.98 Å². The first-order valence-corrected chi connectivity index (χ1v) is 7.23. The third-order valence-electron chi connectivity index (χ3n) is 2.52. The molecule has 2 aromatic rings. The molecule has 8 heteroatoms. The molecule has 2 rings (SSSR count). The summed E-state index contributed by atoms with van der Waals surface area (Å²) < 4.78 is 38.0. The van der Waals surface area contributed by atoms with E-state index in [4.69, 9.17) is 11.1 Å².